The molecule has 0 aromatic heterocycles. The van der Waals surface area contributed by atoms with Gasteiger partial charge in [-0.2, -0.15) is 35.1 Å². The van der Waals surface area contributed by atoms with Gasteiger partial charge in [0.1, 0.15) is 0 Å². The van der Waals surface area contributed by atoms with Crippen molar-refractivity contribution in [2.24, 2.45) is 11.8 Å². The molecular weight excluding hydrogens is 272 g/mol. The van der Waals surface area contributed by atoms with Crippen LogP contribution in [0.5, 0.6) is 0 Å². The summed E-state index contributed by atoms with van der Waals surface area (Å²) >= 11 is 0. The van der Waals surface area contributed by atoms with Gasteiger partial charge in [0.15, 0.2) is 0 Å². The molecule has 0 atom stereocenters. The fraction of sp³-hybridized carbons (Fsp3) is 1.00. The number of rotatable bonds is 5. The third-order valence-electron chi connectivity index (χ3n) is 2.68. The average Bonchev–Trinajstić information content (AvgIpc) is 2.15. The lowest BCUT2D eigenvalue weighted by Gasteiger charge is -2.39. The molecule has 0 nitrogen and oxygen atoms in total. The zero-order valence-corrected chi connectivity index (χ0v) is 10.2. The molecule has 0 bridgehead atoms. The summed E-state index contributed by atoms with van der Waals surface area (Å²) in [6.45, 7) is 2.21. The molecule has 0 radical (unpaired) electrons. The van der Waals surface area contributed by atoms with Crippen molar-refractivity contribution in [3.8, 4) is 0 Å². The Hall–Kier alpha value is -0.560. The molecule has 0 N–H and O–H groups in total. The molecule has 0 fully saturated rings. The first-order valence-electron chi connectivity index (χ1n) is 5.15. The Kier molecular flexibility index (Phi) is 4.38. The van der Waals surface area contributed by atoms with Crippen molar-refractivity contribution in [1.82, 2.24) is 0 Å². The van der Waals surface area contributed by atoms with Gasteiger partial charge in [0.05, 0.1) is 0 Å². The smallest absolute Gasteiger partial charge is 0.199 e. The molecule has 0 saturated carbocycles. The predicted octanol–water partition coefficient (Wildman–Crippen LogP) is 4.84. The minimum atomic E-state index is -6.14. The number of alkyl halides is 8. The van der Waals surface area contributed by atoms with Crippen molar-refractivity contribution in [2.45, 2.75) is 51.4 Å². The molecule has 0 amide bonds. The van der Waals surface area contributed by atoms with Crippen LogP contribution in [0.15, 0.2) is 0 Å². The molecular formula is C10H14F8. The highest BCUT2D eigenvalue weighted by molar-refractivity contribution is 5.05. The summed E-state index contributed by atoms with van der Waals surface area (Å²) in [5.41, 5.74) is 0. The van der Waals surface area contributed by atoms with E-state index in [4.69, 9.17) is 0 Å². The number of hydrogen-bond acceptors (Lipinski definition) is 0. The summed E-state index contributed by atoms with van der Waals surface area (Å²) in [5.74, 6) is -27.2. The summed E-state index contributed by atoms with van der Waals surface area (Å²) in [4.78, 5) is 0. The molecule has 0 unspecified atom stereocenters. The highest BCUT2D eigenvalue weighted by Gasteiger charge is 2.81. The van der Waals surface area contributed by atoms with Crippen LogP contribution in [0.25, 0.3) is 0 Å². The largest absolute Gasteiger partial charge is 0.378 e. The van der Waals surface area contributed by atoms with Crippen molar-refractivity contribution in [2.75, 3.05) is 0 Å². The van der Waals surface area contributed by atoms with Gasteiger partial charge in [0.25, 0.3) is 0 Å². The van der Waals surface area contributed by atoms with Crippen LogP contribution in [0.1, 0.15) is 27.7 Å². The third-order valence-corrected chi connectivity index (χ3v) is 2.68. The first-order valence-corrected chi connectivity index (χ1v) is 5.15. The average molecular weight is 286 g/mol. The summed E-state index contributed by atoms with van der Waals surface area (Å²) < 4.78 is 105. The van der Waals surface area contributed by atoms with Gasteiger partial charge in [-0.05, 0) is 0 Å². The van der Waals surface area contributed by atoms with E-state index in [-0.39, 0.29) is 0 Å². The highest BCUT2D eigenvalue weighted by Crippen LogP contribution is 2.56. The Labute approximate surface area is 99.3 Å². The molecule has 0 spiro atoms. The highest BCUT2D eigenvalue weighted by atomic mass is 19.4. The molecule has 0 heterocycles. The molecule has 0 aliphatic heterocycles. The Morgan fingerprint density at radius 3 is 0.778 bits per heavy atom. The quantitative estimate of drug-likeness (QED) is 0.634. The van der Waals surface area contributed by atoms with Crippen molar-refractivity contribution in [3.63, 3.8) is 0 Å². The van der Waals surface area contributed by atoms with Crippen molar-refractivity contribution in [3.05, 3.63) is 0 Å². The first kappa shape index (κ1) is 17.4. The molecule has 0 aliphatic rings. The molecule has 0 aromatic rings. The lowest BCUT2D eigenvalue weighted by molar-refractivity contribution is -0.380. The molecule has 0 aliphatic carbocycles. The van der Waals surface area contributed by atoms with E-state index >= 15 is 0 Å². The van der Waals surface area contributed by atoms with E-state index in [2.05, 4.69) is 0 Å². The van der Waals surface area contributed by atoms with Crippen molar-refractivity contribution < 1.29 is 35.1 Å². The van der Waals surface area contributed by atoms with E-state index in [9.17, 15) is 35.1 Å². The number of halogens is 8. The van der Waals surface area contributed by atoms with Gasteiger partial charge in [0, 0.05) is 11.8 Å². The van der Waals surface area contributed by atoms with E-state index in [1.807, 2.05) is 0 Å². The van der Waals surface area contributed by atoms with Crippen LogP contribution >= 0.6 is 0 Å². The molecule has 8 heteroatoms. The van der Waals surface area contributed by atoms with Crippen LogP contribution in [0.3, 0.4) is 0 Å². The van der Waals surface area contributed by atoms with Gasteiger partial charge >= 0.3 is 23.7 Å². The van der Waals surface area contributed by atoms with Crippen LogP contribution in [-0.2, 0) is 0 Å². The molecule has 0 rings (SSSR count). The van der Waals surface area contributed by atoms with Gasteiger partial charge in [-0.1, -0.05) is 27.7 Å². The van der Waals surface area contributed by atoms with Gasteiger partial charge in [-0.15, -0.1) is 0 Å². The standard InChI is InChI=1S/C10H14F8/c1-5(2)7(11,12)9(15,16)10(17,18)8(13,14)6(3)4/h5-6H,1-4H3. The van der Waals surface area contributed by atoms with Gasteiger partial charge < -0.3 is 0 Å². The van der Waals surface area contributed by atoms with E-state index in [1.165, 1.54) is 0 Å². The van der Waals surface area contributed by atoms with Crippen molar-refractivity contribution >= 4 is 0 Å². The topological polar surface area (TPSA) is 0 Å². The van der Waals surface area contributed by atoms with Gasteiger partial charge in [0.2, 0.25) is 0 Å². The second-order valence-electron chi connectivity index (χ2n) is 4.70. The van der Waals surface area contributed by atoms with E-state index in [0.29, 0.717) is 27.7 Å². The lowest BCUT2D eigenvalue weighted by atomic mass is 9.87. The van der Waals surface area contributed by atoms with Crippen LogP contribution in [-0.4, -0.2) is 23.7 Å². The van der Waals surface area contributed by atoms with Gasteiger partial charge in [-0.25, -0.2) is 0 Å². The summed E-state index contributed by atoms with van der Waals surface area (Å²) in [7, 11) is 0. The summed E-state index contributed by atoms with van der Waals surface area (Å²) in [6, 6.07) is 0. The molecule has 110 valence electrons. The summed E-state index contributed by atoms with van der Waals surface area (Å²) in [5, 5.41) is 0. The molecule has 0 aromatic carbocycles. The predicted molar refractivity (Wildman–Crippen MR) is 49.5 cm³/mol. The third kappa shape index (κ3) is 2.18. The van der Waals surface area contributed by atoms with Crippen LogP contribution in [0.2, 0.25) is 0 Å². The van der Waals surface area contributed by atoms with Crippen LogP contribution in [0, 0.1) is 11.8 Å². The maximum atomic E-state index is 13.1. The Morgan fingerprint density at radius 2 is 0.667 bits per heavy atom. The normalized spacial score (nSPS) is 15.7. The summed E-state index contributed by atoms with van der Waals surface area (Å²) in [6.07, 6.45) is 0. The van der Waals surface area contributed by atoms with Crippen LogP contribution in [0.4, 0.5) is 35.1 Å². The molecule has 0 saturated heterocycles. The SMILES string of the molecule is CC(C)C(F)(F)C(F)(F)C(F)(F)C(F)(F)C(C)C. The minimum absolute atomic E-state index is 0.553. The van der Waals surface area contributed by atoms with E-state index < -0.39 is 35.5 Å². The minimum Gasteiger partial charge on any atom is -0.199 e. The second kappa shape index (κ2) is 4.52. The maximum Gasteiger partial charge on any atom is 0.378 e. The Balaban J connectivity index is 5.74. The maximum absolute atomic E-state index is 13.1. The Bertz CT molecular complexity index is 262. The van der Waals surface area contributed by atoms with Gasteiger partial charge in [-0.3, -0.25) is 0 Å². The fourth-order valence-electron chi connectivity index (χ4n) is 1.14. The van der Waals surface area contributed by atoms with Crippen molar-refractivity contribution in [1.29, 1.82) is 0 Å². The zero-order chi connectivity index (χ0) is 15.2. The first-order chi connectivity index (χ1) is 7.64. The zero-order valence-electron chi connectivity index (χ0n) is 10.2. The van der Waals surface area contributed by atoms with E-state index in [1.54, 1.807) is 0 Å². The lowest BCUT2D eigenvalue weighted by Crippen LogP contribution is -2.64. The Morgan fingerprint density at radius 1 is 0.500 bits per heavy atom. The molecule has 18 heavy (non-hydrogen) atoms. The monoisotopic (exact) mass is 286 g/mol. The second-order valence-corrected chi connectivity index (χ2v) is 4.70. The number of hydrogen-bond donors (Lipinski definition) is 0. The van der Waals surface area contributed by atoms with Crippen LogP contribution < -0.4 is 0 Å². The fourth-order valence-corrected chi connectivity index (χ4v) is 1.14. The van der Waals surface area contributed by atoms with E-state index in [0.717, 1.165) is 0 Å².